The summed E-state index contributed by atoms with van der Waals surface area (Å²) in [5.74, 6) is 0.153. The van der Waals surface area contributed by atoms with Crippen molar-refractivity contribution in [3.8, 4) is 0 Å². The average Bonchev–Trinajstić information content (AvgIpc) is 2.56. The summed E-state index contributed by atoms with van der Waals surface area (Å²) in [6, 6.07) is 7.80. The molecule has 2 N–H and O–H groups in total. The number of halogens is 1. The smallest absolute Gasteiger partial charge is 0.225 e. The van der Waals surface area contributed by atoms with E-state index in [1.165, 1.54) is 0 Å². The van der Waals surface area contributed by atoms with Gasteiger partial charge in [0.1, 0.15) is 0 Å². The van der Waals surface area contributed by atoms with Gasteiger partial charge >= 0.3 is 0 Å². The lowest BCUT2D eigenvalue weighted by atomic mass is 10.0. The van der Waals surface area contributed by atoms with Crippen LogP contribution in [0.3, 0.4) is 0 Å². The van der Waals surface area contributed by atoms with Crippen molar-refractivity contribution < 1.29 is 9.53 Å². The summed E-state index contributed by atoms with van der Waals surface area (Å²) < 4.78 is 5.65. The SMILES string of the molecule is O=C(CC1CNCCO1)N1CCNCC1c1cccc(Cl)c1. The summed E-state index contributed by atoms with van der Waals surface area (Å²) in [4.78, 5) is 14.7. The van der Waals surface area contributed by atoms with Crippen LogP contribution in [0.4, 0.5) is 0 Å². The maximum atomic E-state index is 12.7. The number of rotatable bonds is 3. The van der Waals surface area contributed by atoms with Crippen molar-refractivity contribution in [1.29, 1.82) is 0 Å². The minimum Gasteiger partial charge on any atom is -0.375 e. The Bertz CT molecular complexity index is 520. The summed E-state index contributed by atoms with van der Waals surface area (Å²) in [5, 5.41) is 7.33. The molecule has 2 heterocycles. The fourth-order valence-electron chi connectivity index (χ4n) is 3.08. The minimum absolute atomic E-state index is 0.0175. The van der Waals surface area contributed by atoms with Gasteiger partial charge in [0, 0.05) is 37.7 Å². The van der Waals surface area contributed by atoms with Crippen LogP contribution in [-0.2, 0) is 9.53 Å². The van der Waals surface area contributed by atoms with Gasteiger partial charge in [0.25, 0.3) is 0 Å². The second kappa shape index (κ2) is 7.42. The molecule has 1 aromatic carbocycles. The van der Waals surface area contributed by atoms with Crippen molar-refractivity contribution in [2.75, 3.05) is 39.3 Å². The zero-order valence-electron chi connectivity index (χ0n) is 12.6. The van der Waals surface area contributed by atoms with Crippen LogP contribution in [0.2, 0.25) is 5.02 Å². The first kappa shape index (κ1) is 15.7. The lowest BCUT2D eigenvalue weighted by Gasteiger charge is -2.37. The lowest BCUT2D eigenvalue weighted by molar-refractivity contribution is -0.138. The molecule has 120 valence electrons. The van der Waals surface area contributed by atoms with Crippen molar-refractivity contribution in [3.05, 3.63) is 34.9 Å². The molecule has 2 fully saturated rings. The third kappa shape index (κ3) is 3.79. The van der Waals surface area contributed by atoms with E-state index in [9.17, 15) is 4.79 Å². The molecule has 0 saturated carbocycles. The quantitative estimate of drug-likeness (QED) is 0.877. The van der Waals surface area contributed by atoms with Crippen LogP contribution >= 0.6 is 11.6 Å². The molecular weight excluding hydrogens is 302 g/mol. The number of hydrogen-bond acceptors (Lipinski definition) is 4. The van der Waals surface area contributed by atoms with Crippen LogP contribution in [0.25, 0.3) is 0 Å². The fourth-order valence-corrected chi connectivity index (χ4v) is 3.28. The molecule has 0 aliphatic carbocycles. The number of nitrogens with zero attached hydrogens (tertiary/aromatic N) is 1. The van der Waals surface area contributed by atoms with Crippen molar-refractivity contribution >= 4 is 17.5 Å². The highest BCUT2D eigenvalue weighted by Crippen LogP contribution is 2.25. The minimum atomic E-state index is -0.0175. The zero-order valence-corrected chi connectivity index (χ0v) is 13.3. The molecule has 2 saturated heterocycles. The molecule has 5 nitrogen and oxygen atoms in total. The number of carbonyl (C=O) groups excluding carboxylic acids is 1. The maximum absolute atomic E-state index is 12.7. The van der Waals surface area contributed by atoms with E-state index < -0.39 is 0 Å². The van der Waals surface area contributed by atoms with E-state index in [4.69, 9.17) is 16.3 Å². The maximum Gasteiger partial charge on any atom is 0.225 e. The molecule has 0 spiro atoms. The molecular formula is C16H22ClN3O2. The van der Waals surface area contributed by atoms with Crippen molar-refractivity contribution in [2.45, 2.75) is 18.6 Å². The third-order valence-electron chi connectivity index (χ3n) is 4.20. The highest BCUT2D eigenvalue weighted by Gasteiger charge is 2.30. The summed E-state index contributed by atoms with van der Waals surface area (Å²) in [5.41, 5.74) is 1.08. The number of amides is 1. The van der Waals surface area contributed by atoms with Crippen molar-refractivity contribution in [2.24, 2.45) is 0 Å². The van der Waals surface area contributed by atoms with Gasteiger partial charge in [0.2, 0.25) is 5.91 Å². The molecule has 2 aliphatic heterocycles. The van der Waals surface area contributed by atoms with Gasteiger partial charge in [-0.2, -0.15) is 0 Å². The standard InChI is InChI=1S/C16H22ClN3O2/c17-13-3-1-2-12(8-13)15-11-18-4-6-20(15)16(21)9-14-10-19-5-7-22-14/h1-3,8,14-15,18-19H,4-7,9-11H2. The van der Waals surface area contributed by atoms with Crippen LogP contribution in [0, 0.1) is 0 Å². The number of ether oxygens (including phenoxy) is 1. The molecule has 2 aliphatic rings. The van der Waals surface area contributed by atoms with Gasteiger partial charge in [-0.3, -0.25) is 4.79 Å². The largest absolute Gasteiger partial charge is 0.375 e. The molecule has 22 heavy (non-hydrogen) atoms. The number of benzene rings is 1. The van der Waals surface area contributed by atoms with Gasteiger partial charge in [0.15, 0.2) is 0 Å². The lowest BCUT2D eigenvalue weighted by Crippen LogP contribution is -2.50. The zero-order chi connectivity index (χ0) is 15.4. The molecule has 0 radical (unpaired) electrons. The van der Waals surface area contributed by atoms with Crippen molar-refractivity contribution in [1.82, 2.24) is 15.5 Å². The van der Waals surface area contributed by atoms with E-state index in [1.807, 2.05) is 29.2 Å². The van der Waals surface area contributed by atoms with E-state index in [0.717, 1.165) is 38.3 Å². The van der Waals surface area contributed by atoms with Gasteiger partial charge < -0.3 is 20.3 Å². The summed E-state index contributed by atoms with van der Waals surface area (Å²) >= 11 is 6.09. The molecule has 2 unspecified atom stereocenters. The Morgan fingerprint density at radius 3 is 2.95 bits per heavy atom. The summed E-state index contributed by atoms with van der Waals surface area (Å²) in [6.45, 7) is 4.60. The number of piperazine rings is 1. The molecule has 0 aromatic heterocycles. The van der Waals surface area contributed by atoms with E-state index in [2.05, 4.69) is 10.6 Å². The first-order valence-electron chi connectivity index (χ1n) is 7.82. The van der Waals surface area contributed by atoms with Crippen molar-refractivity contribution in [3.63, 3.8) is 0 Å². The Balaban J connectivity index is 1.70. The Labute approximate surface area is 136 Å². The highest BCUT2D eigenvalue weighted by atomic mass is 35.5. The van der Waals surface area contributed by atoms with Gasteiger partial charge in [-0.15, -0.1) is 0 Å². The molecule has 1 amide bonds. The monoisotopic (exact) mass is 323 g/mol. The predicted molar refractivity (Wildman–Crippen MR) is 86.0 cm³/mol. The second-order valence-corrected chi connectivity index (χ2v) is 6.20. The van der Waals surface area contributed by atoms with Gasteiger partial charge in [-0.25, -0.2) is 0 Å². The number of carbonyl (C=O) groups is 1. The Kier molecular flexibility index (Phi) is 5.31. The molecule has 6 heteroatoms. The van der Waals surface area contributed by atoms with Crippen LogP contribution < -0.4 is 10.6 Å². The second-order valence-electron chi connectivity index (χ2n) is 5.76. The predicted octanol–water partition coefficient (Wildman–Crippen LogP) is 1.19. The first-order chi connectivity index (χ1) is 10.7. The van der Waals surface area contributed by atoms with Crippen LogP contribution in [-0.4, -0.2) is 56.2 Å². The molecule has 1 aromatic rings. The highest BCUT2D eigenvalue weighted by molar-refractivity contribution is 6.30. The molecule has 3 rings (SSSR count). The Morgan fingerprint density at radius 1 is 1.32 bits per heavy atom. The van der Waals surface area contributed by atoms with Gasteiger partial charge in [-0.1, -0.05) is 23.7 Å². The van der Waals surface area contributed by atoms with Crippen LogP contribution in [0.5, 0.6) is 0 Å². The van der Waals surface area contributed by atoms with Crippen LogP contribution in [0.1, 0.15) is 18.0 Å². The fraction of sp³-hybridized carbons (Fsp3) is 0.562. The molecule has 0 bridgehead atoms. The van der Waals surface area contributed by atoms with E-state index in [-0.39, 0.29) is 18.1 Å². The number of hydrogen-bond donors (Lipinski definition) is 2. The Morgan fingerprint density at radius 2 is 2.18 bits per heavy atom. The van der Waals surface area contributed by atoms with Gasteiger partial charge in [0.05, 0.1) is 25.2 Å². The first-order valence-corrected chi connectivity index (χ1v) is 8.20. The topological polar surface area (TPSA) is 53.6 Å². The van der Waals surface area contributed by atoms with Gasteiger partial charge in [-0.05, 0) is 17.7 Å². The Hall–Kier alpha value is -1.14. The number of morpholine rings is 1. The summed E-state index contributed by atoms with van der Waals surface area (Å²) in [6.07, 6.45) is 0.417. The van der Waals surface area contributed by atoms with Crippen LogP contribution in [0.15, 0.2) is 24.3 Å². The van der Waals surface area contributed by atoms with E-state index in [1.54, 1.807) is 0 Å². The van der Waals surface area contributed by atoms with E-state index >= 15 is 0 Å². The third-order valence-corrected chi connectivity index (χ3v) is 4.44. The normalized spacial score (nSPS) is 26.0. The van der Waals surface area contributed by atoms with E-state index in [0.29, 0.717) is 18.1 Å². The average molecular weight is 324 g/mol. The number of nitrogens with one attached hydrogen (secondary N) is 2. The summed E-state index contributed by atoms with van der Waals surface area (Å²) in [7, 11) is 0. The molecule has 2 atom stereocenters.